The largest absolute Gasteiger partial charge is 0.389 e. The maximum Gasteiger partial charge on any atom is 0.128 e. The van der Waals surface area contributed by atoms with E-state index in [-0.39, 0.29) is 19.0 Å². The molecule has 2 aromatic rings. The molecule has 0 spiro atoms. The summed E-state index contributed by atoms with van der Waals surface area (Å²) in [4.78, 5) is 2.25. The number of hydrogen-bond acceptors (Lipinski definition) is 4. The van der Waals surface area contributed by atoms with Crippen molar-refractivity contribution in [1.29, 1.82) is 0 Å². The van der Waals surface area contributed by atoms with E-state index in [0.717, 1.165) is 25.9 Å². The summed E-state index contributed by atoms with van der Waals surface area (Å²) in [6.07, 6.45) is 3.36. The summed E-state index contributed by atoms with van der Waals surface area (Å²) in [7, 11) is 0. The van der Waals surface area contributed by atoms with Gasteiger partial charge < -0.3 is 14.7 Å². The van der Waals surface area contributed by atoms with E-state index < -0.39 is 6.10 Å². The molecule has 2 N–H and O–H groups in total. The quantitative estimate of drug-likeness (QED) is 0.816. The first-order valence-electron chi connectivity index (χ1n) is 8.43. The minimum atomic E-state index is -0.555. The van der Waals surface area contributed by atoms with Crippen LogP contribution in [-0.2, 0) is 11.3 Å². The third-order valence-corrected chi connectivity index (χ3v) is 4.54. The number of rotatable bonds is 7. The number of aromatic nitrogens is 2. The Morgan fingerprint density at radius 2 is 2.08 bits per heavy atom. The Balaban J connectivity index is 1.35. The number of nitrogens with one attached hydrogen (secondary N) is 1. The van der Waals surface area contributed by atoms with Crippen molar-refractivity contribution in [3.63, 3.8) is 0 Å². The Morgan fingerprint density at radius 1 is 1.29 bits per heavy atom. The Morgan fingerprint density at radius 3 is 2.79 bits per heavy atom. The first kappa shape index (κ1) is 17.1. The van der Waals surface area contributed by atoms with Crippen LogP contribution in [0.2, 0.25) is 0 Å². The van der Waals surface area contributed by atoms with Crippen LogP contribution in [-0.4, -0.2) is 52.5 Å². The summed E-state index contributed by atoms with van der Waals surface area (Å²) in [5, 5.41) is 17.2. The summed E-state index contributed by atoms with van der Waals surface area (Å²) in [6.45, 7) is 2.90. The molecule has 130 valence electrons. The monoisotopic (exact) mass is 333 g/mol. The molecule has 2 heterocycles. The van der Waals surface area contributed by atoms with Gasteiger partial charge >= 0.3 is 0 Å². The normalized spacial score (nSPS) is 17.9. The molecule has 0 radical (unpaired) electrons. The van der Waals surface area contributed by atoms with Gasteiger partial charge in [0.25, 0.3) is 0 Å². The Bertz CT molecular complexity index is 612. The molecule has 1 fully saturated rings. The standard InChI is InChI=1S/C18H24FN3O2/c19-17-4-2-1-3-15(17)12-24-13-16(23)11-22-9-6-14(7-10-22)18-5-8-20-21-18/h1-5,8,14,16,23H,6-7,9-13H2,(H,20,21)/t16-/m1/s1. The lowest BCUT2D eigenvalue weighted by atomic mass is 9.93. The Labute approximate surface area is 141 Å². The van der Waals surface area contributed by atoms with Crippen LogP contribution in [0.5, 0.6) is 0 Å². The topological polar surface area (TPSA) is 61.4 Å². The summed E-state index contributed by atoms with van der Waals surface area (Å²) < 4.78 is 18.9. The zero-order chi connectivity index (χ0) is 16.8. The smallest absolute Gasteiger partial charge is 0.128 e. The predicted molar refractivity (Wildman–Crippen MR) is 89.1 cm³/mol. The summed E-state index contributed by atoms with van der Waals surface area (Å²) in [6, 6.07) is 8.58. The van der Waals surface area contributed by atoms with Crippen molar-refractivity contribution >= 4 is 0 Å². The van der Waals surface area contributed by atoms with Gasteiger partial charge in [-0.2, -0.15) is 5.10 Å². The van der Waals surface area contributed by atoms with Crippen molar-refractivity contribution in [2.45, 2.75) is 31.5 Å². The fourth-order valence-electron chi connectivity index (χ4n) is 3.19. The Hall–Kier alpha value is -1.76. The zero-order valence-corrected chi connectivity index (χ0v) is 13.7. The average molecular weight is 333 g/mol. The van der Waals surface area contributed by atoms with Gasteiger partial charge in [-0.3, -0.25) is 5.10 Å². The van der Waals surface area contributed by atoms with Gasteiger partial charge in [0.1, 0.15) is 5.82 Å². The number of β-amino-alcohol motifs (C(OH)–C–C–N with tert-alkyl or cyclic N) is 1. The van der Waals surface area contributed by atoms with Gasteiger partial charge in [-0.25, -0.2) is 4.39 Å². The van der Waals surface area contributed by atoms with Crippen LogP contribution in [0.25, 0.3) is 0 Å². The van der Waals surface area contributed by atoms with E-state index in [1.807, 2.05) is 6.07 Å². The fourth-order valence-corrected chi connectivity index (χ4v) is 3.19. The first-order valence-corrected chi connectivity index (χ1v) is 8.43. The van der Waals surface area contributed by atoms with Crippen LogP contribution >= 0.6 is 0 Å². The van der Waals surface area contributed by atoms with E-state index in [0.29, 0.717) is 18.0 Å². The number of likely N-dealkylation sites (tertiary alicyclic amines) is 1. The molecule has 1 aliphatic rings. The van der Waals surface area contributed by atoms with E-state index in [1.54, 1.807) is 24.4 Å². The Kier molecular flexibility index (Phi) is 5.96. The van der Waals surface area contributed by atoms with Gasteiger partial charge in [-0.15, -0.1) is 0 Å². The van der Waals surface area contributed by atoms with Crippen molar-refractivity contribution in [2.24, 2.45) is 0 Å². The molecule has 24 heavy (non-hydrogen) atoms. The van der Waals surface area contributed by atoms with E-state index in [1.165, 1.54) is 11.8 Å². The van der Waals surface area contributed by atoms with Crippen molar-refractivity contribution in [1.82, 2.24) is 15.1 Å². The van der Waals surface area contributed by atoms with Crippen molar-refractivity contribution in [3.8, 4) is 0 Å². The van der Waals surface area contributed by atoms with Crippen LogP contribution in [0.3, 0.4) is 0 Å². The van der Waals surface area contributed by atoms with E-state index in [9.17, 15) is 9.50 Å². The second kappa shape index (κ2) is 8.37. The molecule has 0 unspecified atom stereocenters. The highest BCUT2D eigenvalue weighted by Gasteiger charge is 2.22. The number of aliphatic hydroxyl groups is 1. The number of aliphatic hydroxyl groups excluding tert-OH is 1. The van der Waals surface area contributed by atoms with Crippen LogP contribution in [0.4, 0.5) is 4.39 Å². The van der Waals surface area contributed by atoms with Gasteiger partial charge in [0, 0.05) is 29.9 Å². The van der Waals surface area contributed by atoms with Gasteiger partial charge in [-0.05, 0) is 38.1 Å². The minimum absolute atomic E-state index is 0.186. The molecule has 1 saturated heterocycles. The molecule has 0 amide bonds. The predicted octanol–water partition coefficient (Wildman–Crippen LogP) is 2.31. The SMILES string of the molecule is O[C@@H](COCc1ccccc1F)CN1CCC(c2ccn[nH]2)CC1. The van der Waals surface area contributed by atoms with Gasteiger partial charge in [-0.1, -0.05) is 18.2 Å². The van der Waals surface area contributed by atoms with Crippen LogP contribution in [0.15, 0.2) is 36.5 Å². The number of benzene rings is 1. The highest BCUT2D eigenvalue weighted by atomic mass is 19.1. The third kappa shape index (κ3) is 4.63. The number of aromatic amines is 1. The summed E-state index contributed by atoms with van der Waals surface area (Å²) >= 11 is 0. The van der Waals surface area contributed by atoms with E-state index in [2.05, 4.69) is 15.1 Å². The molecular formula is C18H24FN3O2. The minimum Gasteiger partial charge on any atom is -0.389 e. The molecule has 1 atom stereocenters. The molecule has 6 heteroatoms. The number of halogens is 1. The lowest BCUT2D eigenvalue weighted by Gasteiger charge is -2.32. The van der Waals surface area contributed by atoms with Crippen molar-refractivity contribution in [3.05, 3.63) is 53.6 Å². The number of hydrogen-bond donors (Lipinski definition) is 2. The van der Waals surface area contributed by atoms with Crippen LogP contribution < -0.4 is 0 Å². The maximum atomic E-state index is 13.5. The molecule has 0 saturated carbocycles. The van der Waals surface area contributed by atoms with E-state index in [4.69, 9.17) is 4.74 Å². The number of piperidine rings is 1. The molecule has 1 aromatic heterocycles. The van der Waals surface area contributed by atoms with Crippen molar-refractivity contribution in [2.75, 3.05) is 26.2 Å². The molecule has 0 bridgehead atoms. The fraction of sp³-hybridized carbons (Fsp3) is 0.500. The molecular weight excluding hydrogens is 309 g/mol. The zero-order valence-electron chi connectivity index (χ0n) is 13.7. The van der Waals surface area contributed by atoms with Crippen LogP contribution in [0.1, 0.15) is 30.0 Å². The molecule has 1 aliphatic heterocycles. The molecule has 0 aliphatic carbocycles. The maximum absolute atomic E-state index is 13.5. The summed E-state index contributed by atoms with van der Waals surface area (Å²) in [5.74, 6) is 0.256. The highest BCUT2D eigenvalue weighted by molar-refractivity contribution is 5.16. The second-order valence-electron chi connectivity index (χ2n) is 6.35. The van der Waals surface area contributed by atoms with Gasteiger partial charge in [0.2, 0.25) is 0 Å². The van der Waals surface area contributed by atoms with Gasteiger partial charge in [0.05, 0.1) is 19.3 Å². The molecule has 1 aromatic carbocycles. The first-order chi connectivity index (χ1) is 11.7. The van der Waals surface area contributed by atoms with Crippen LogP contribution in [0, 0.1) is 5.82 Å². The van der Waals surface area contributed by atoms with E-state index >= 15 is 0 Å². The number of H-pyrrole nitrogens is 1. The average Bonchev–Trinajstić information content (AvgIpc) is 3.12. The second-order valence-corrected chi connectivity index (χ2v) is 6.35. The third-order valence-electron chi connectivity index (χ3n) is 4.54. The lowest BCUT2D eigenvalue weighted by molar-refractivity contribution is 0.00544. The lowest BCUT2D eigenvalue weighted by Crippen LogP contribution is -2.39. The van der Waals surface area contributed by atoms with Gasteiger partial charge in [0.15, 0.2) is 0 Å². The number of ether oxygens (including phenoxy) is 1. The van der Waals surface area contributed by atoms with Crippen molar-refractivity contribution < 1.29 is 14.2 Å². The number of nitrogens with zero attached hydrogens (tertiary/aromatic N) is 2. The highest BCUT2D eigenvalue weighted by Crippen LogP contribution is 2.26. The summed E-state index contributed by atoms with van der Waals surface area (Å²) in [5.41, 5.74) is 1.72. The molecule has 5 nitrogen and oxygen atoms in total. The molecule has 3 rings (SSSR count).